The van der Waals surface area contributed by atoms with Crippen LogP contribution in [0.3, 0.4) is 0 Å². The Morgan fingerprint density at radius 3 is 2.54 bits per heavy atom. The summed E-state index contributed by atoms with van der Waals surface area (Å²) in [6, 6.07) is 7.77. The molecule has 2 aromatic heterocycles. The second-order valence-electron chi connectivity index (χ2n) is 6.79. The molecule has 26 heavy (non-hydrogen) atoms. The molecule has 2 heterocycles. The van der Waals surface area contributed by atoms with E-state index in [1.54, 1.807) is 0 Å². The number of nitrogens with two attached hydrogens (primary N) is 1. The third kappa shape index (κ3) is 3.36. The highest BCUT2D eigenvalue weighted by Crippen LogP contribution is 2.28. The molecule has 0 unspecified atom stereocenters. The molecule has 0 aliphatic heterocycles. The van der Waals surface area contributed by atoms with Gasteiger partial charge in [0.25, 0.3) is 5.91 Å². The second-order valence-corrected chi connectivity index (χ2v) is 6.79. The molecule has 0 saturated heterocycles. The van der Waals surface area contributed by atoms with Crippen molar-refractivity contribution < 1.29 is 4.79 Å². The third-order valence-corrected chi connectivity index (χ3v) is 4.79. The van der Waals surface area contributed by atoms with Crippen molar-refractivity contribution in [2.24, 2.45) is 0 Å². The summed E-state index contributed by atoms with van der Waals surface area (Å²) in [6.07, 6.45) is 4.07. The molecule has 6 heteroatoms. The van der Waals surface area contributed by atoms with Crippen molar-refractivity contribution in [1.29, 1.82) is 0 Å². The van der Waals surface area contributed by atoms with E-state index < -0.39 is 0 Å². The van der Waals surface area contributed by atoms with Crippen LogP contribution in [0.4, 0.5) is 5.82 Å². The van der Waals surface area contributed by atoms with E-state index in [4.69, 9.17) is 15.7 Å². The molecule has 0 saturated carbocycles. The fraction of sp³-hybridized carbons (Fsp3) is 0.450. The number of carbonyl (C=O) groups excluding carboxylic acids is 1. The number of nitrogens with zero attached hydrogens (tertiary/aromatic N) is 3. The quantitative estimate of drug-likeness (QED) is 0.631. The number of hydrogen-bond donors (Lipinski definition) is 2. The number of amides is 1. The zero-order chi connectivity index (χ0) is 18.7. The number of aryl methyl sites for hydroxylation is 1. The van der Waals surface area contributed by atoms with Crippen molar-refractivity contribution in [2.75, 3.05) is 5.73 Å². The van der Waals surface area contributed by atoms with E-state index in [-0.39, 0.29) is 11.9 Å². The summed E-state index contributed by atoms with van der Waals surface area (Å²) in [5, 5.41) is 3.01. The standard InChI is InChI=1S/C20H27N5O/c1-4-6-9-12-25-18(21)16(20(26)22-13(3)5-2)17-19(25)24-15-11-8-7-10-14(15)23-17/h7-8,10-11,13H,4-6,9,12,21H2,1-3H3,(H,22,26)/t13-/m1/s1. The van der Waals surface area contributed by atoms with Crippen molar-refractivity contribution in [3.05, 3.63) is 29.8 Å². The Bertz CT molecular complexity index is 931. The van der Waals surface area contributed by atoms with Gasteiger partial charge < -0.3 is 15.6 Å². The number of carbonyl (C=O) groups is 1. The lowest BCUT2D eigenvalue weighted by Gasteiger charge is -2.11. The lowest BCUT2D eigenvalue weighted by molar-refractivity contribution is 0.0941. The smallest absolute Gasteiger partial charge is 0.257 e. The Balaban J connectivity index is 2.16. The SMILES string of the molecule is CCCCCn1c(N)c(C(=O)N[C@H](C)CC)c2nc3ccccc3nc21. The van der Waals surface area contributed by atoms with Crippen LogP contribution in [0.5, 0.6) is 0 Å². The predicted octanol–water partition coefficient (Wildman–Crippen LogP) is 3.89. The summed E-state index contributed by atoms with van der Waals surface area (Å²) in [4.78, 5) is 22.3. The molecule has 6 nitrogen and oxygen atoms in total. The van der Waals surface area contributed by atoms with Crippen LogP contribution in [0.15, 0.2) is 24.3 Å². The van der Waals surface area contributed by atoms with E-state index in [1.807, 2.05) is 42.7 Å². The number of aromatic nitrogens is 3. The molecule has 0 bridgehead atoms. The highest BCUT2D eigenvalue weighted by molar-refractivity contribution is 6.10. The van der Waals surface area contributed by atoms with Crippen LogP contribution >= 0.6 is 0 Å². The maximum absolute atomic E-state index is 12.9. The van der Waals surface area contributed by atoms with E-state index in [2.05, 4.69) is 12.2 Å². The molecule has 0 fully saturated rings. The fourth-order valence-corrected chi connectivity index (χ4v) is 3.09. The van der Waals surface area contributed by atoms with Gasteiger partial charge in [0.2, 0.25) is 0 Å². The number of nitrogen functional groups attached to an aromatic ring is 1. The van der Waals surface area contributed by atoms with Gasteiger partial charge in [-0.05, 0) is 31.9 Å². The van der Waals surface area contributed by atoms with Crippen LogP contribution in [0.2, 0.25) is 0 Å². The van der Waals surface area contributed by atoms with Crippen molar-refractivity contribution in [1.82, 2.24) is 19.9 Å². The molecule has 1 amide bonds. The highest BCUT2D eigenvalue weighted by Gasteiger charge is 2.24. The minimum absolute atomic E-state index is 0.0776. The Labute approximate surface area is 153 Å². The number of unbranched alkanes of at least 4 members (excludes halogenated alkanes) is 2. The maximum Gasteiger partial charge on any atom is 0.257 e. The molecule has 0 aliphatic rings. The Hall–Kier alpha value is -2.63. The van der Waals surface area contributed by atoms with Gasteiger partial charge in [0, 0.05) is 12.6 Å². The molecular formula is C20H27N5O. The average Bonchev–Trinajstić information content (AvgIpc) is 2.91. The number of anilines is 1. The van der Waals surface area contributed by atoms with E-state index in [0.29, 0.717) is 22.5 Å². The van der Waals surface area contributed by atoms with E-state index in [0.717, 1.165) is 43.3 Å². The Kier molecular flexibility index (Phi) is 5.40. The number of benzene rings is 1. The number of fused-ring (bicyclic) bond motifs is 2. The van der Waals surface area contributed by atoms with Gasteiger partial charge in [-0.3, -0.25) is 4.79 Å². The largest absolute Gasteiger partial charge is 0.384 e. The zero-order valence-electron chi connectivity index (χ0n) is 15.7. The molecule has 0 radical (unpaired) electrons. The summed E-state index contributed by atoms with van der Waals surface area (Å²) in [6.45, 7) is 6.92. The second kappa shape index (κ2) is 7.72. The lowest BCUT2D eigenvalue weighted by atomic mass is 10.2. The Morgan fingerprint density at radius 1 is 1.19 bits per heavy atom. The van der Waals surface area contributed by atoms with Crippen molar-refractivity contribution in [3.8, 4) is 0 Å². The molecule has 1 atom stereocenters. The van der Waals surface area contributed by atoms with Gasteiger partial charge in [0.05, 0.1) is 11.0 Å². The molecular weight excluding hydrogens is 326 g/mol. The van der Waals surface area contributed by atoms with Crippen LogP contribution in [0.1, 0.15) is 56.8 Å². The summed E-state index contributed by atoms with van der Waals surface area (Å²) < 4.78 is 1.94. The molecule has 138 valence electrons. The third-order valence-electron chi connectivity index (χ3n) is 4.79. The first-order valence-electron chi connectivity index (χ1n) is 9.42. The summed E-state index contributed by atoms with van der Waals surface area (Å²) in [5.74, 6) is 0.271. The van der Waals surface area contributed by atoms with E-state index in [1.165, 1.54) is 0 Å². The van der Waals surface area contributed by atoms with Crippen LogP contribution in [-0.4, -0.2) is 26.5 Å². The van der Waals surface area contributed by atoms with E-state index in [9.17, 15) is 4.79 Å². The van der Waals surface area contributed by atoms with Gasteiger partial charge in [-0.2, -0.15) is 0 Å². The molecule has 3 N–H and O–H groups in total. The maximum atomic E-state index is 12.9. The highest BCUT2D eigenvalue weighted by atomic mass is 16.1. The molecule has 0 spiro atoms. The number of nitrogens with one attached hydrogen (secondary N) is 1. The minimum atomic E-state index is -0.180. The van der Waals surface area contributed by atoms with Crippen LogP contribution < -0.4 is 11.1 Å². The van der Waals surface area contributed by atoms with Gasteiger partial charge in [0.1, 0.15) is 16.9 Å². The molecule has 3 rings (SSSR count). The lowest BCUT2D eigenvalue weighted by Crippen LogP contribution is -2.32. The van der Waals surface area contributed by atoms with Gasteiger partial charge in [-0.25, -0.2) is 9.97 Å². The van der Waals surface area contributed by atoms with Gasteiger partial charge in [-0.1, -0.05) is 38.8 Å². The summed E-state index contributed by atoms with van der Waals surface area (Å²) in [5.41, 5.74) is 9.69. The minimum Gasteiger partial charge on any atom is -0.384 e. The monoisotopic (exact) mass is 353 g/mol. The number of rotatable bonds is 7. The molecule has 3 aromatic rings. The topological polar surface area (TPSA) is 85.8 Å². The van der Waals surface area contributed by atoms with Gasteiger partial charge in [0.15, 0.2) is 5.65 Å². The first-order valence-corrected chi connectivity index (χ1v) is 9.42. The average molecular weight is 353 g/mol. The van der Waals surface area contributed by atoms with Crippen molar-refractivity contribution in [2.45, 2.75) is 59.0 Å². The summed E-state index contributed by atoms with van der Waals surface area (Å²) in [7, 11) is 0. The normalized spacial score (nSPS) is 12.6. The zero-order valence-corrected chi connectivity index (χ0v) is 15.7. The van der Waals surface area contributed by atoms with Gasteiger partial charge >= 0.3 is 0 Å². The predicted molar refractivity (Wildman–Crippen MR) is 106 cm³/mol. The van der Waals surface area contributed by atoms with Crippen LogP contribution in [0.25, 0.3) is 22.2 Å². The fourth-order valence-electron chi connectivity index (χ4n) is 3.09. The van der Waals surface area contributed by atoms with Crippen LogP contribution in [0, 0.1) is 0 Å². The Morgan fingerprint density at radius 2 is 1.88 bits per heavy atom. The van der Waals surface area contributed by atoms with Crippen LogP contribution in [-0.2, 0) is 6.54 Å². The molecule has 0 aliphatic carbocycles. The van der Waals surface area contributed by atoms with Gasteiger partial charge in [-0.15, -0.1) is 0 Å². The number of hydrogen-bond acceptors (Lipinski definition) is 4. The van der Waals surface area contributed by atoms with Crippen molar-refractivity contribution >= 4 is 33.9 Å². The van der Waals surface area contributed by atoms with Crippen molar-refractivity contribution in [3.63, 3.8) is 0 Å². The first-order chi connectivity index (χ1) is 12.6. The first kappa shape index (κ1) is 18.2. The number of para-hydroxylation sites is 2. The molecule has 1 aromatic carbocycles. The summed E-state index contributed by atoms with van der Waals surface area (Å²) >= 11 is 0. The van der Waals surface area contributed by atoms with E-state index >= 15 is 0 Å².